The molecule has 0 fully saturated rings. The minimum Gasteiger partial charge on any atom is -0.398 e. The maximum Gasteiger partial charge on any atom is 0.418 e. The number of halogens is 4. The van der Waals surface area contributed by atoms with Crippen molar-refractivity contribution in [3.05, 3.63) is 28.8 Å². The Morgan fingerprint density at radius 2 is 1.74 bits per heavy atom. The monoisotopic (exact) mass is 353 g/mol. The Morgan fingerprint density at radius 3 is 2.04 bits per heavy atom. The Bertz CT molecular complexity index is 442. The SMILES string of the molecule is C#CCCC.CC.CC.Nc1ccc(Cl)cc1[C@H](O)C(F)(F)F. The molecular weight excluding hydrogens is 327 g/mol. The van der Waals surface area contributed by atoms with Gasteiger partial charge in [-0.2, -0.15) is 13.2 Å². The Morgan fingerprint density at radius 1 is 1.26 bits per heavy atom. The van der Waals surface area contributed by atoms with E-state index in [1.165, 1.54) is 12.1 Å². The van der Waals surface area contributed by atoms with E-state index in [4.69, 9.17) is 28.9 Å². The Balaban J connectivity index is -0.000000375. The van der Waals surface area contributed by atoms with Crippen LogP contribution < -0.4 is 5.73 Å². The van der Waals surface area contributed by atoms with Crippen LogP contribution in [0.4, 0.5) is 18.9 Å². The van der Waals surface area contributed by atoms with Crippen LogP contribution in [0.15, 0.2) is 18.2 Å². The third kappa shape index (κ3) is 12.8. The summed E-state index contributed by atoms with van der Waals surface area (Å²) in [6.07, 6.45) is -0.420. The molecule has 2 nitrogen and oxygen atoms in total. The lowest BCUT2D eigenvalue weighted by atomic mass is 10.1. The van der Waals surface area contributed by atoms with Crippen molar-refractivity contribution in [2.24, 2.45) is 0 Å². The molecule has 0 aliphatic heterocycles. The summed E-state index contributed by atoms with van der Waals surface area (Å²) < 4.78 is 36.3. The van der Waals surface area contributed by atoms with E-state index in [0.29, 0.717) is 0 Å². The van der Waals surface area contributed by atoms with Gasteiger partial charge in [0, 0.05) is 22.7 Å². The fraction of sp³-hybridized carbons (Fsp3) is 0.529. The van der Waals surface area contributed by atoms with Crippen molar-refractivity contribution in [2.75, 3.05) is 5.73 Å². The molecule has 134 valence electrons. The van der Waals surface area contributed by atoms with E-state index in [1.807, 2.05) is 27.7 Å². The number of nitrogen functional groups attached to an aromatic ring is 1. The van der Waals surface area contributed by atoms with Crippen molar-refractivity contribution in [3.63, 3.8) is 0 Å². The van der Waals surface area contributed by atoms with Crippen molar-refractivity contribution in [2.45, 2.75) is 59.7 Å². The predicted octanol–water partition coefficient (Wildman–Crippen LogP) is 5.99. The van der Waals surface area contributed by atoms with Gasteiger partial charge >= 0.3 is 6.18 Å². The fourth-order valence-electron chi connectivity index (χ4n) is 1.10. The smallest absolute Gasteiger partial charge is 0.398 e. The highest BCUT2D eigenvalue weighted by atomic mass is 35.5. The predicted molar refractivity (Wildman–Crippen MR) is 93.3 cm³/mol. The number of nitrogens with two attached hydrogens (primary N) is 1. The highest BCUT2D eigenvalue weighted by Crippen LogP contribution is 2.36. The molecule has 1 aromatic rings. The molecule has 0 radical (unpaired) electrons. The Labute approximate surface area is 142 Å². The lowest BCUT2D eigenvalue weighted by Crippen LogP contribution is -2.21. The minimum atomic E-state index is -4.74. The summed E-state index contributed by atoms with van der Waals surface area (Å²) in [6, 6.07) is 3.56. The van der Waals surface area contributed by atoms with Crippen LogP contribution in [-0.2, 0) is 0 Å². The minimum absolute atomic E-state index is 0.0949. The standard InChI is InChI=1S/C8H7ClF3NO.C5H8.2C2H6/c9-4-1-2-6(13)5(3-4)7(14)8(10,11)12;1-3-5-4-2;2*1-2/h1-3,7,14H,13H2;1H,4-5H2,2H3;2*1-2H3/t7-;;;/m0.../s1. The van der Waals surface area contributed by atoms with Gasteiger partial charge in [0.05, 0.1) is 0 Å². The molecule has 0 spiro atoms. The van der Waals surface area contributed by atoms with Gasteiger partial charge in [-0.3, -0.25) is 0 Å². The maximum absolute atomic E-state index is 12.1. The van der Waals surface area contributed by atoms with Crippen LogP contribution >= 0.6 is 11.6 Å². The largest absolute Gasteiger partial charge is 0.418 e. The second-order valence-corrected chi connectivity index (χ2v) is 4.11. The molecule has 0 aliphatic rings. The van der Waals surface area contributed by atoms with Crippen LogP contribution in [-0.4, -0.2) is 11.3 Å². The van der Waals surface area contributed by atoms with Crippen LogP contribution in [0, 0.1) is 12.3 Å². The first-order valence-electron chi connectivity index (χ1n) is 7.47. The average Bonchev–Trinajstić information content (AvgIpc) is 2.53. The third-order valence-corrected chi connectivity index (χ3v) is 2.28. The molecule has 23 heavy (non-hydrogen) atoms. The van der Waals surface area contributed by atoms with Crippen LogP contribution in [0.25, 0.3) is 0 Å². The molecule has 0 aliphatic carbocycles. The topological polar surface area (TPSA) is 46.2 Å². The number of hydrogen-bond acceptors (Lipinski definition) is 2. The van der Waals surface area contributed by atoms with E-state index < -0.39 is 17.8 Å². The molecule has 0 saturated heterocycles. The van der Waals surface area contributed by atoms with Crippen LogP contribution in [0.3, 0.4) is 0 Å². The van der Waals surface area contributed by atoms with Crippen molar-refractivity contribution >= 4 is 17.3 Å². The van der Waals surface area contributed by atoms with Gasteiger partial charge in [-0.1, -0.05) is 46.2 Å². The molecule has 1 aromatic carbocycles. The van der Waals surface area contributed by atoms with Gasteiger partial charge in [-0.15, -0.1) is 12.3 Å². The highest BCUT2D eigenvalue weighted by molar-refractivity contribution is 6.30. The fourth-order valence-corrected chi connectivity index (χ4v) is 1.28. The number of alkyl halides is 3. The van der Waals surface area contributed by atoms with Crippen molar-refractivity contribution in [1.29, 1.82) is 0 Å². The van der Waals surface area contributed by atoms with Gasteiger partial charge in [-0.25, -0.2) is 0 Å². The average molecular weight is 354 g/mol. The van der Waals surface area contributed by atoms with Gasteiger partial charge in [-0.05, 0) is 24.6 Å². The van der Waals surface area contributed by atoms with Crippen LogP contribution in [0.1, 0.15) is 59.1 Å². The van der Waals surface area contributed by atoms with Crippen LogP contribution in [0.2, 0.25) is 5.02 Å². The summed E-state index contributed by atoms with van der Waals surface area (Å²) in [7, 11) is 0. The molecule has 1 rings (SSSR count). The van der Waals surface area contributed by atoms with E-state index in [1.54, 1.807) is 0 Å². The molecule has 0 bridgehead atoms. The summed E-state index contributed by atoms with van der Waals surface area (Å²) in [6.45, 7) is 10.1. The van der Waals surface area contributed by atoms with Gasteiger partial charge in [0.1, 0.15) is 0 Å². The zero-order chi connectivity index (χ0) is 19.1. The molecule has 0 unspecified atom stereocenters. The Hall–Kier alpha value is -1.38. The van der Waals surface area contributed by atoms with E-state index in [2.05, 4.69) is 12.8 Å². The molecule has 0 heterocycles. The molecule has 0 aromatic heterocycles. The lowest BCUT2D eigenvalue weighted by Gasteiger charge is -2.16. The highest BCUT2D eigenvalue weighted by Gasteiger charge is 2.40. The Kier molecular flexibility index (Phi) is 17.9. The molecular formula is C17H27ClF3NO. The molecule has 6 heteroatoms. The number of aliphatic hydroxyl groups excluding tert-OH is 1. The summed E-state index contributed by atoms with van der Waals surface area (Å²) in [5.74, 6) is 2.52. The van der Waals surface area contributed by atoms with Gasteiger partial charge in [0.15, 0.2) is 6.10 Å². The van der Waals surface area contributed by atoms with E-state index in [9.17, 15) is 13.2 Å². The summed E-state index contributed by atoms with van der Waals surface area (Å²) >= 11 is 5.48. The number of benzene rings is 1. The summed E-state index contributed by atoms with van der Waals surface area (Å²) in [5.41, 5.74) is 4.70. The van der Waals surface area contributed by atoms with Crippen LogP contribution in [0.5, 0.6) is 0 Å². The quantitative estimate of drug-likeness (QED) is 0.506. The number of unbranched alkanes of at least 4 members (excludes halogenated alkanes) is 1. The molecule has 1 atom stereocenters. The van der Waals surface area contributed by atoms with Crippen molar-refractivity contribution < 1.29 is 18.3 Å². The number of rotatable bonds is 2. The lowest BCUT2D eigenvalue weighted by molar-refractivity contribution is -0.206. The van der Waals surface area contributed by atoms with Crippen molar-refractivity contribution in [3.8, 4) is 12.3 Å². The number of anilines is 1. The van der Waals surface area contributed by atoms with Crippen molar-refractivity contribution in [1.82, 2.24) is 0 Å². The van der Waals surface area contributed by atoms with Gasteiger partial charge in [0.25, 0.3) is 0 Å². The zero-order valence-corrected chi connectivity index (χ0v) is 15.1. The normalized spacial score (nSPS) is 10.5. The van der Waals surface area contributed by atoms with E-state index >= 15 is 0 Å². The maximum atomic E-state index is 12.1. The van der Waals surface area contributed by atoms with Gasteiger partial charge < -0.3 is 10.8 Å². The number of hydrogen-bond donors (Lipinski definition) is 2. The first kappa shape index (κ1) is 26.5. The summed E-state index contributed by atoms with van der Waals surface area (Å²) in [5, 5.41) is 8.99. The first-order valence-corrected chi connectivity index (χ1v) is 7.85. The molecule has 3 N–H and O–H groups in total. The third-order valence-electron chi connectivity index (χ3n) is 2.05. The van der Waals surface area contributed by atoms with Gasteiger partial charge in [0.2, 0.25) is 0 Å². The first-order chi connectivity index (χ1) is 10.7. The summed E-state index contributed by atoms with van der Waals surface area (Å²) in [4.78, 5) is 0. The second kappa shape index (κ2) is 15.5. The van der Waals surface area contributed by atoms with E-state index in [-0.39, 0.29) is 10.7 Å². The molecule has 0 amide bonds. The zero-order valence-electron chi connectivity index (χ0n) is 14.3. The van der Waals surface area contributed by atoms with E-state index in [0.717, 1.165) is 18.9 Å². The number of terminal acetylenes is 1. The second-order valence-electron chi connectivity index (χ2n) is 3.67. The molecule has 0 saturated carbocycles. The number of aliphatic hydroxyl groups is 1.